The van der Waals surface area contributed by atoms with Crippen LogP contribution in [-0.2, 0) is 14.3 Å². The molecule has 0 radical (unpaired) electrons. The third-order valence-corrected chi connectivity index (χ3v) is 2.44. The smallest absolute Gasteiger partial charge is 0.336 e. The van der Waals surface area contributed by atoms with E-state index in [1.54, 1.807) is 20.9 Å². The van der Waals surface area contributed by atoms with Gasteiger partial charge >= 0.3 is 5.97 Å². The van der Waals surface area contributed by atoms with Crippen molar-refractivity contribution in [1.82, 2.24) is 4.90 Å². The molecule has 0 saturated carbocycles. The molecule has 0 aliphatic carbocycles. The van der Waals surface area contributed by atoms with Crippen LogP contribution in [0.3, 0.4) is 0 Å². The Bertz CT molecular complexity index is 305. The Balaban J connectivity index is 5.23. The number of carbonyl (C=O) groups is 2. The molecule has 0 atom stereocenters. The molecule has 0 aliphatic heterocycles. The van der Waals surface area contributed by atoms with Crippen molar-refractivity contribution in [2.75, 3.05) is 13.7 Å². The van der Waals surface area contributed by atoms with Crippen molar-refractivity contribution in [2.45, 2.75) is 34.6 Å². The van der Waals surface area contributed by atoms with E-state index in [0.717, 1.165) is 0 Å². The summed E-state index contributed by atoms with van der Waals surface area (Å²) in [7, 11) is 1.65. The Hall–Kier alpha value is -1.32. The standard InChI is InChI=1S/C12H21NO3/c1-7-16-12(15)11(8(2)3)9(4)13(6)10(5)14/h8H,7H2,1-6H3/b11-9-. The molecule has 0 aliphatic rings. The first kappa shape index (κ1) is 14.7. The van der Waals surface area contributed by atoms with Crippen molar-refractivity contribution in [3.8, 4) is 0 Å². The molecule has 0 unspecified atom stereocenters. The summed E-state index contributed by atoms with van der Waals surface area (Å²) in [4.78, 5) is 24.4. The molecule has 0 heterocycles. The largest absolute Gasteiger partial charge is 0.463 e. The van der Waals surface area contributed by atoms with E-state index >= 15 is 0 Å². The molecule has 0 aromatic carbocycles. The topological polar surface area (TPSA) is 46.6 Å². The van der Waals surface area contributed by atoms with E-state index in [-0.39, 0.29) is 17.8 Å². The van der Waals surface area contributed by atoms with Gasteiger partial charge in [-0.05, 0) is 19.8 Å². The van der Waals surface area contributed by atoms with Crippen LogP contribution >= 0.6 is 0 Å². The first-order valence-electron chi connectivity index (χ1n) is 5.45. The Labute approximate surface area is 97.3 Å². The number of allylic oxidation sites excluding steroid dienone is 1. The van der Waals surface area contributed by atoms with Crippen LogP contribution in [-0.4, -0.2) is 30.4 Å². The molecular weight excluding hydrogens is 206 g/mol. The second-order valence-electron chi connectivity index (χ2n) is 3.95. The summed E-state index contributed by atoms with van der Waals surface area (Å²) in [5, 5.41) is 0. The Morgan fingerprint density at radius 2 is 1.75 bits per heavy atom. The van der Waals surface area contributed by atoms with Gasteiger partial charge < -0.3 is 9.64 Å². The fourth-order valence-corrected chi connectivity index (χ4v) is 1.43. The lowest BCUT2D eigenvalue weighted by Gasteiger charge is -2.21. The van der Waals surface area contributed by atoms with Crippen LogP contribution < -0.4 is 0 Å². The predicted octanol–water partition coefficient (Wildman–Crippen LogP) is 1.96. The minimum Gasteiger partial charge on any atom is -0.463 e. The third-order valence-electron chi connectivity index (χ3n) is 2.44. The number of esters is 1. The molecule has 4 nitrogen and oxygen atoms in total. The Kier molecular flexibility index (Phi) is 5.78. The van der Waals surface area contributed by atoms with E-state index in [2.05, 4.69) is 0 Å². The molecule has 0 N–H and O–H groups in total. The maximum Gasteiger partial charge on any atom is 0.336 e. The third kappa shape index (κ3) is 3.68. The quantitative estimate of drug-likeness (QED) is 0.545. The van der Waals surface area contributed by atoms with Gasteiger partial charge in [0.15, 0.2) is 0 Å². The zero-order chi connectivity index (χ0) is 12.9. The highest BCUT2D eigenvalue weighted by molar-refractivity contribution is 5.90. The van der Waals surface area contributed by atoms with Crippen molar-refractivity contribution in [3.63, 3.8) is 0 Å². The number of ether oxygens (including phenoxy) is 1. The van der Waals surface area contributed by atoms with Gasteiger partial charge in [0, 0.05) is 19.7 Å². The van der Waals surface area contributed by atoms with E-state index < -0.39 is 0 Å². The van der Waals surface area contributed by atoms with Crippen LogP contribution in [0.5, 0.6) is 0 Å². The van der Waals surface area contributed by atoms with Gasteiger partial charge in [-0.15, -0.1) is 0 Å². The molecule has 1 amide bonds. The molecule has 0 rings (SSSR count). The normalized spacial score (nSPS) is 12.2. The number of rotatable bonds is 4. The van der Waals surface area contributed by atoms with Gasteiger partial charge in [0.2, 0.25) is 5.91 Å². The lowest BCUT2D eigenvalue weighted by atomic mass is 10.0. The Morgan fingerprint density at radius 1 is 1.25 bits per heavy atom. The average Bonchev–Trinajstić information content (AvgIpc) is 2.16. The molecule has 0 spiro atoms. The minimum atomic E-state index is -0.344. The molecule has 0 bridgehead atoms. The lowest BCUT2D eigenvalue weighted by molar-refractivity contribution is -0.139. The summed E-state index contributed by atoms with van der Waals surface area (Å²) < 4.78 is 4.98. The van der Waals surface area contributed by atoms with Crippen LogP contribution in [0.4, 0.5) is 0 Å². The highest BCUT2D eigenvalue weighted by Crippen LogP contribution is 2.18. The molecule has 0 aromatic heterocycles. The maximum atomic E-state index is 11.7. The van der Waals surface area contributed by atoms with Crippen LogP contribution in [0.25, 0.3) is 0 Å². The van der Waals surface area contributed by atoms with Crippen molar-refractivity contribution in [1.29, 1.82) is 0 Å². The fraction of sp³-hybridized carbons (Fsp3) is 0.667. The van der Waals surface area contributed by atoms with E-state index in [4.69, 9.17) is 4.74 Å². The molecule has 4 heteroatoms. The van der Waals surface area contributed by atoms with Crippen LogP contribution in [0, 0.1) is 5.92 Å². The van der Waals surface area contributed by atoms with E-state index in [0.29, 0.717) is 17.9 Å². The predicted molar refractivity (Wildman–Crippen MR) is 62.6 cm³/mol. The Morgan fingerprint density at radius 3 is 2.06 bits per heavy atom. The summed E-state index contributed by atoms with van der Waals surface area (Å²) in [5.41, 5.74) is 1.21. The number of carbonyl (C=O) groups excluding carboxylic acids is 2. The fourth-order valence-electron chi connectivity index (χ4n) is 1.43. The molecule has 16 heavy (non-hydrogen) atoms. The summed E-state index contributed by atoms with van der Waals surface area (Å²) in [5.74, 6) is -0.413. The van der Waals surface area contributed by atoms with Gasteiger partial charge in [0.1, 0.15) is 0 Å². The van der Waals surface area contributed by atoms with Crippen molar-refractivity contribution in [2.24, 2.45) is 5.92 Å². The van der Waals surface area contributed by atoms with Gasteiger partial charge in [-0.25, -0.2) is 4.79 Å². The van der Waals surface area contributed by atoms with Crippen molar-refractivity contribution >= 4 is 11.9 Å². The van der Waals surface area contributed by atoms with E-state index in [1.165, 1.54) is 11.8 Å². The first-order chi connectivity index (χ1) is 7.32. The van der Waals surface area contributed by atoms with Gasteiger partial charge in [-0.2, -0.15) is 0 Å². The van der Waals surface area contributed by atoms with Gasteiger partial charge in [0.05, 0.1) is 12.2 Å². The minimum absolute atomic E-state index is 0.0286. The van der Waals surface area contributed by atoms with Crippen LogP contribution in [0.2, 0.25) is 0 Å². The van der Waals surface area contributed by atoms with Gasteiger partial charge in [0.25, 0.3) is 0 Å². The highest BCUT2D eigenvalue weighted by Gasteiger charge is 2.21. The summed E-state index contributed by atoms with van der Waals surface area (Å²) in [6.45, 7) is 9.14. The van der Waals surface area contributed by atoms with Gasteiger partial charge in [-0.1, -0.05) is 13.8 Å². The van der Waals surface area contributed by atoms with E-state index in [9.17, 15) is 9.59 Å². The van der Waals surface area contributed by atoms with Gasteiger partial charge in [-0.3, -0.25) is 4.79 Å². The maximum absolute atomic E-state index is 11.7. The second kappa shape index (κ2) is 6.30. The molecule has 0 aromatic rings. The summed E-state index contributed by atoms with van der Waals surface area (Å²) >= 11 is 0. The molecule has 92 valence electrons. The van der Waals surface area contributed by atoms with Crippen LogP contribution in [0.1, 0.15) is 34.6 Å². The first-order valence-corrected chi connectivity index (χ1v) is 5.45. The number of nitrogens with zero attached hydrogens (tertiary/aromatic N) is 1. The van der Waals surface area contributed by atoms with Crippen molar-refractivity contribution in [3.05, 3.63) is 11.3 Å². The summed E-state index contributed by atoms with van der Waals surface area (Å²) in [6, 6.07) is 0. The monoisotopic (exact) mass is 227 g/mol. The summed E-state index contributed by atoms with van der Waals surface area (Å²) in [6.07, 6.45) is 0. The molecule has 0 saturated heterocycles. The second-order valence-corrected chi connectivity index (χ2v) is 3.95. The molecule has 0 fully saturated rings. The highest BCUT2D eigenvalue weighted by atomic mass is 16.5. The SMILES string of the molecule is CCOC(=O)/C(=C(/C)N(C)C(C)=O)C(C)C. The number of hydrogen-bond acceptors (Lipinski definition) is 3. The number of hydrogen-bond donors (Lipinski definition) is 0. The average molecular weight is 227 g/mol. The lowest BCUT2D eigenvalue weighted by Crippen LogP contribution is -2.26. The zero-order valence-corrected chi connectivity index (χ0v) is 11.0. The number of amides is 1. The molecular formula is C12H21NO3. The zero-order valence-electron chi connectivity index (χ0n) is 11.0. The van der Waals surface area contributed by atoms with Crippen LogP contribution in [0.15, 0.2) is 11.3 Å². The van der Waals surface area contributed by atoms with Crippen molar-refractivity contribution < 1.29 is 14.3 Å². The van der Waals surface area contributed by atoms with E-state index in [1.807, 2.05) is 13.8 Å².